The molecule has 11 heteroatoms. The molecular weight excluding hydrogens is 458 g/mol. The molecule has 0 fully saturated rings. The molecule has 2 aromatic carbocycles. The van der Waals surface area contributed by atoms with Crippen LogP contribution in [0.1, 0.15) is 26.2 Å². The van der Waals surface area contributed by atoms with Crippen LogP contribution in [0.3, 0.4) is 0 Å². The average molecular weight is 484 g/mol. The van der Waals surface area contributed by atoms with Crippen molar-refractivity contribution < 1.29 is 9.59 Å². The molecule has 5 rings (SSSR count). The third-order valence-corrected chi connectivity index (χ3v) is 5.77. The van der Waals surface area contributed by atoms with Crippen LogP contribution >= 0.6 is 0 Å². The normalized spacial score (nSPS) is 12.1. The van der Waals surface area contributed by atoms with Crippen LogP contribution in [-0.4, -0.2) is 45.2 Å². The molecule has 3 amide bonds. The molecule has 0 saturated carbocycles. The summed E-state index contributed by atoms with van der Waals surface area (Å²) in [5, 5.41) is 15.3. The lowest BCUT2D eigenvalue weighted by atomic mass is 10.1. The minimum atomic E-state index is -0.499. The predicted octanol–water partition coefficient (Wildman–Crippen LogP) is 2.91. The van der Waals surface area contributed by atoms with Crippen molar-refractivity contribution in [1.82, 2.24) is 25.5 Å². The summed E-state index contributed by atoms with van der Waals surface area (Å²) in [6.45, 7) is 2.92. The molecule has 11 nitrogen and oxygen atoms in total. The van der Waals surface area contributed by atoms with Gasteiger partial charge in [0.2, 0.25) is 11.9 Å². The standard InChI is InChI=1S/C25H25N9O2/c1-16(35)26-11-3-2-4-13-34(22-7-5-6-19-18(22)15-28-33-19)23-10-12-27-24(32-23)29-17-8-9-20-21(14-17)31-25(36)30-20/h5-10,12,14-15H,2-4,11,13H2,1H3,(H,26,35)(H,28,33)(H,27,29,32). The Hall–Kier alpha value is -4.67. The van der Waals surface area contributed by atoms with Crippen molar-refractivity contribution in [2.45, 2.75) is 26.2 Å². The van der Waals surface area contributed by atoms with Gasteiger partial charge < -0.3 is 15.5 Å². The summed E-state index contributed by atoms with van der Waals surface area (Å²) in [5.74, 6) is 1.14. The van der Waals surface area contributed by atoms with Crippen LogP contribution in [0.5, 0.6) is 0 Å². The molecule has 0 spiro atoms. The largest absolute Gasteiger partial charge is 0.368 e. The van der Waals surface area contributed by atoms with Gasteiger partial charge in [-0.1, -0.05) is 6.07 Å². The van der Waals surface area contributed by atoms with Crippen molar-refractivity contribution in [3.8, 4) is 0 Å². The molecule has 0 bridgehead atoms. The monoisotopic (exact) mass is 483 g/mol. The van der Waals surface area contributed by atoms with Gasteiger partial charge in [0.1, 0.15) is 5.82 Å². The number of hydrogen-bond donors (Lipinski definition) is 3. The summed E-state index contributed by atoms with van der Waals surface area (Å²) < 4.78 is 0. The fourth-order valence-corrected chi connectivity index (χ4v) is 4.09. The Balaban J connectivity index is 1.39. The van der Waals surface area contributed by atoms with Gasteiger partial charge in [-0.25, -0.2) is 9.78 Å². The third kappa shape index (κ3) is 5.19. The maximum atomic E-state index is 11.5. The molecule has 0 atom stereocenters. The van der Waals surface area contributed by atoms with Gasteiger partial charge in [0.15, 0.2) is 0 Å². The molecule has 0 unspecified atom stereocenters. The summed E-state index contributed by atoms with van der Waals surface area (Å²) in [4.78, 5) is 41.6. The number of amides is 3. The first-order valence-electron chi connectivity index (χ1n) is 11.7. The van der Waals surface area contributed by atoms with Gasteiger partial charge in [-0.15, -0.1) is 0 Å². The van der Waals surface area contributed by atoms with Gasteiger partial charge in [-0.3, -0.25) is 9.89 Å². The summed E-state index contributed by atoms with van der Waals surface area (Å²) in [6.07, 6.45) is 6.29. The molecule has 182 valence electrons. The van der Waals surface area contributed by atoms with Gasteiger partial charge in [0.25, 0.3) is 0 Å². The summed E-state index contributed by atoms with van der Waals surface area (Å²) in [7, 11) is 0. The number of nitrogens with one attached hydrogen (secondary N) is 3. The second kappa shape index (κ2) is 10.3. The molecule has 36 heavy (non-hydrogen) atoms. The average Bonchev–Trinajstić information content (AvgIpc) is 3.49. The fraction of sp³-hybridized carbons (Fsp3) is 0.240. The number of fused-ring (bicyclic) bond motifs is 2. The van der Waals surface area contributed by atoms with E-state index in [1.54, 1.807) is 18.3 Å². The number of anilines is 4. The lowest BCUT2D eigenvalue weighted by Gasteiger charge is -2.25. The van der Waals surface area contributed by atoms with E-state index < -0.39 is 6.03 Å². The van der Waals surface area contributed by atoms with E-state index in [1.807, 2.05) is 36.5 Å². The number of unbranched alkanes of at least 4 members (excludes halogenated alkanes) is 2. The quantitative estimate of drug-likeness (QED) is 0.295. The van der Waals surface area contributed by atoms with E-state index in [0.717, 1.165) is 48.2 Å². The maximum Gasteiger partial charge on any atom is 0.368 e. The Kier molecular flexibility index (Phi) is 6.61. The predicted molar refractivity (Wildman–Crippen MR) is 135 cm³/mol. The van der Waals surface area contributed by atoms with Crippen molar-refractivity contribution in [3.05, 3.63) is 65.6 Å². The van der Waals surface area contributed by atoms with Gasteiger partial charge in [0, 0.05) is 37.3 Å². The number of nitrogens with zero attached hydrogens (tertiary/aromatic N) is 6. The van der Waals surface area contributed by atoms with E-state index in [1.165, 1.54) is 6.92 Å². The second-order valence-electron chi connectivity index (χ2n) is 8.38. The molecule has 1 aliphatic rings. The molecule has 1 aliphatic heterocycles. The summed E-state index contributed by atoms with van der Waals surface area (Å²) in [6, 6.07) is 12.7. The first kappa shape index (κ1) is 23.1. The highest BCUT2D eigenvalue weighted by atomic mass is 16.2. The van der Waals surface area contributed by atoms with Gasteiger partial charge >= 0.3 is 6.03 Å². The zero-order valence-electron chi connectivity index (χ0n) is 19.7. The van der Waals surface area contributed by atoms with Crippen molar-refractivity contribution >= 4 is 46.0 Å². The van der Waals surface area contributed by atoms with Crippen LogP contribution in [-0.2, 0) is 4.79 Å². The van der Waals surface area contributed by atoms with E-state index in [4.69, 9.17) is 4.98 Å². The highest BCUT2D eigenvalue weighted by Gasteiger charge is 2.16. The van der Waals surface area contributed by atoms with Crippen LogP contribution in [0.25, 0.3) is 10.9 Å². The molecule has 2 aromatic heterocycles. The first-order valence-corrected chi connectivity index (χ1v) is 11.7. The van der Waals surface area contributed by atoms with E-state index in [2.05, 4.69) is 40.7 Å². The van der Waals surface area contributed by atoms with E-state index >= 15 is 0 Å². The number of carbonyl (C=O) groups is 2. The van der Waals surface area contributed by atoms with Gasteiger partial charge in [-0.05, 0) is 55.7 Å². The van der Waals surface area contributed by atoms with Crippen molar-refractivity contribution in [1.29, 1.82) is 0 Å². The fourth-order valence-electron chi connectivity index (χ4n) is 4.09. The summed E-state index contributed by atoms with van der Waals surface area (Å²) in [5.41, 5.74) is 2.64. The highest BCUT2D eigenvalue weighted by Crippen LogP contribution is 2.31. The number of rotatable bonds is 10. The maximum absolute atomic E-state index is 11.5. The molecule has 0 radical (unpaired) electrons. The Morgan fingerprint density at radius 2 is 1.94 bits per heavy atom. The lowest BCUT2D eigenvalue weighted by molar-refractivity contribution is -0.118. The Morgan fingerprint density at radius 3 is 2.83 bits per heavy atom. The Morgan fingerprint density at radius 1 is 1.06 bits per heavy atom. The number of H-pyrrole nitrogens is 1. The number of urea groups is 1. The number of hydrogen-bond acceptors (Lipinski definition) is 7. The number of benzene rings is 2. The van der Waals surface area contributed by atoms with Crippen LogP contribution in [0, 0.1) is 0 Å². The zero-order valence-corrected chi connectivity index (χ0v) is 19.7. The van der Waals surface area contributed by atoms with Crippen LogP contribution in [0.15, 0.2) is 64.8 Å². The van der Waals surface area contributed by atoms with Crippen molar-refractivity contribution in [2.24, 2.45) is 9.98 Å². The molecule has 3 N–H and O–H groups in total. The van der Waals surface area contributed by atoms with Gasteiger partial charge in [-0.2, -0.15) is 20.1 Å². The van der Waals surface area contributed by atoms with Crippen molar-refractivity contribution in [3.63, 3.8) is 0 Å². The van der Waals surface area contributed by atoms with Crippen molar-refractivity contribution in [2.75, 3.05) is 23.3 Å². The number of aromatic amines is 1. The van der Waals surface area contributed by atoms with E-state index in [9.17, 15) is 9.59 Å². The molecule has 3 heterocycles. The minimum Gasteiger partial charge on any atom is -0.356 e. The molecule has 0 aliphatic carbocycles. The topological polar surface area (TPSA) is 141 Å². The smallest absolute Gasteiger partial charge is 0.356 e. The zero-order chi connectivity index (χ0) is 24.9. The second-order valence-corrected chi connectivity index (χ2v) is 8.38. The van der Waals surface area contributed by atoms with Gasteiger partial charge in [0.05, 0.1) is 28.1 Å². The number of carbonyl (C=O) groups excluding carboxylic acids is 2. The first-order chi connectivity index (χ1) is 17.6. The summed E-state index contributed by atoms with van der Waals surface area (Å²) >= 11 is 0. The minimum absolute atomic E-state index is 0.0117. The molecule has 0 saturated heterocycles. The van der Waals surface area contributed by atoms with Crippen LogP contribution in [0.2, 0.25) is 0 Å². The van der Waals surface area contributed by atoms with Crippen LogP contribution in [0.4, 0.5) is 27.9 Å². The Labute approximate surface area is 206 Å². The lowest BCUT2D eigenvalue weighted by Crippen LogP contribution is -2.23. The van der Waals surface area contributed by atoms with Crippen LogP contribution < -0.4 is 26.2 Å². The third-order valence-electron chi connectivity index (χ3n) is 5.77. The van der Waals surface area contributed by atoms with E-state index in [-0.39, 0.29) is 5.91 Å². The Bertz CT molecular complexity index is 1550. The van der Waals surface area contributed by atoms with E-state index in [0.29, 0.717) is 28.9 Å². The number of aromatic nitrogens is 4. The SMILES string of the molecule is CC(=O)NCCCCCN(c1ccnc(Nc2ccc3c(c2)=NC(=O)N=3)n1)c1cccc2[nH]ncc12. The highest BCUT2D eigenvalue weighted by molar-refractivity contribution is 5.93. The molecule has 4 aromatic rings. The molecular formula is C25H25N9O2.